The average Bonchev–Trinajstić information content (AvgIpc) is 2.89. The first-order chi connectivity index (χ1) is 18.5. The Morgan fingerprint density at radius 3 is 2.54 bits per heavy atom. The van der Waals surface area contributed by atoms with Crippen LogP contribution in [0.4, 0.5) is 11.4 Å². The van der Waals surface area contributed by atoms with E-state index in [1.807, 2.05) is 36.4 Å². The summed E-state index contributed by atoms with van der Waals surface area (Å²) in [5, 5.41) is 1.79. The number of anilines is 2. The molecule has 3 N–H and O–H groups in total. The van der Waals surface area contributed by atoms with Crippen molar-refractivity contribution in [2.45, 2.75) is 71.0 Å². The fourth-order valence-corrected chi connectivity index (χ4v) is 6.77. The van der Waals surface area contributed by atoms with Crippen LogP contribution in [0.1, 0.15) is 62.5 Å². The van der Waals surface area contributed by atoms with Crippen molar-refractivity contribution in [1.82, 2.24) is 0 Å². The van der Waals surface area contributed by atoms with Gasteiger partial charge in [-0.2, -0.15) is 0 Å². The summed E-state index contributed by atoms with van der Waals surface area (Å²) in [7, 11) is -1.49. The molecule has 0 spiro atoms. The summed E-state index contributed by atoms with van der Waals surface area (Å²) in [6.07, 6.45) is 1.86. The van der Waals surface area contributed by atoms with Crippen LogP contribution < -0.4 is 15.2 Å². The zero-order chi connectivity index (χ0) is 27.9. The third-order valence-electron chi connectivity index (χ3n) is 7.28. The van der Waals surface area contributed by atoms with Crippen LogP contribution in [0.2, 0.25) is 0 Å². The predicted molar refractivity (Wildman–Crippen MR) is 163 cm³/mol. The number of fused-ring (bicyclic) bond motifs is 2. The van der Waals surface area contributed by atoms with Crippen molar-refractivity contribution >= 4 is 33.1 Å². The van der Waals surface area contributed by atoms with Gasteiger partial charge in [-0.3, -0.25) is 0 Å². The van der Waals surface area contributed by atoms with Crippen LogP contribution in [0, 0.1) is 13.8 Å². The Labute approximate surface area is 234 Å². The molecule has 0 fully saturated rings. The first-order valence-electron chi connectivity index (χ1n) is 13.6. The lowest BCUT2D eigenvalue weighted by atomic mass is 9.87. The molecule has 0 bridgehead atoms. The van der Waals surface area contributed by atoms with E-state index >= 15 is 0 Å². The Morgan fingerprint density at radius 2 is 1.77 bits per heavy atom. The molecular weight excluding hydrogens is 504 g/mol. The van der Waals surface area contributed by atoms with Gasteiger partial charge >= 0.3 is 0 Å². The molecular formula is C33H38N2O3S. The largest absolute Gasteiger partial charge is 0.493 e. The quantitative estimate of drug-likeness (QED) is 0.242. The molecule has 1 aliphatic rings. The van der Waals surface area contributed by atoms with E-state index in [1.54, 1.807) is 0 Å². The van der Waals surface area contributed by atoms with Gasteiger partial charge in [0.15, 0.2) is 11.0 Å². The minimum absolute atomic E-state index is 0.182. The van der Waals surface area contributed by atoms with E-state index in [0.717, 1.165) is 69.5 Å². The number of aryl methyl sites for hydroxylation is 2. The van der Waals surface area contributed by atoms with E-state index < -0.39 is 11.0 Å². The number of hydrogen-bond donors (Lipinski definition) is 2. The minimum atomic E-state index is -1.49. The highest BCUT2D eigenvalue weighted by Crippen LogP contribution is 2.42. The van der Waals surface area contributed by atoms with Gasteiger partial charge in [0.05, 0.1) is 28.9 Å². The van der Waals surface area contributed by atoms with Crippen molar-refractivity contribution in [3.63, 3.8) is 0 Å². The monoisotopic (exact) mass is 542 g/mol. The van der Waals surface area contributed by atoms with Crippen molar-refractivity contribution in [3.05, 3.63) is 82.9 Å². The molecule has 0 saturated carbocycles. The summed E-state index contributed by atoms with van der Waals surface area (Å²) in [6.45, 7) is 13.3. The molecule has 6 heteroatoms. The summed E-state index contributed by atoms with van der Waals surface area (Å²) in [6, 6.07) is 20.1. The first kappa shape index (κ1) is 27.2. The second-order valence-corrected chi connectivity index (χ2v) is 12.6. The number of nitrogens with one attached hydrogen (secondary N) is 1. The van der Waals surface area contributed by atoms with Crippen molar-refractivity contribution in [2.24, 2.45) is 0 Å². The van der Waals surface area contributed by atoms with E-state index in [2.05, 4.69) is 70.5 Å². The first-order valence-corrected chi connectivity index (χ1v) is 14.7. The molecule has 2 unspecified atom stereocenters. The average molecular weight is 543 g/mol. The summed E-state index contributed by atoms with van der Waals surface area (Å²) in [4.78, 5) is 0.705. The summed E-state index contributed by atoms with van der Waals surface area (Å²) in [5.41, 5.74) is 14.1. The molecule has 4 aromatic carbocycles. The lowest BCUT2D eigenvalue weighted by Gasteiger charge is -2.30. The van der Waals surface area contributed by atoms with Crippen molar-refractivity contribution < 1.29 is 13.7 Å². The van der Waals surface area contributed by atoms with E-state index in [-0.39, 0.29) is 11.7 Å². The molecule has 1 aliphatic heterocycles. The summed E-state index contributed by atoms with van der Waals surface area (Å²) in [5.74, 6) is 0.976. The van der Waals surface area contributed by atoms with E-state index in [9.17, 15) is 4.21 Å². The smallest absolute Gasteiger partial charge is 0.150 e. The zero-order valence-electron chi connectivity index (χ0n) is 23.7. The van der Waals surface area contributed by atoms with Gasteiger partial charge < -0.3 is 19.9 Å². The highest BCUT2D eigenvalue weighted by Gasteiger charge is 2.26. The van der Waals surface area contributed by atoms with Crippen LogP contribution in [0.3, 0.4) is 0 Å². The third kappa shape index (κ3) is 5.54. The van der Waals surface area contributed by atoms with Gasteiger partial charge in [0, 0.05) is 16.5 Å². The van der Waals surface area contributed by atoms with Gasteiger partial charge in [0.2, 0.25) is 0 Å². The maximum absolute atomic E-state index is 13.7. The minimum Gasteiger partial charge on any atom is -0.493 e. The Bertz CT molecular complexity index is 1570. The SMILES string of the molecule is Cc1cc(NS(=O)c2cccc3c(N)cccc23)c(C)c(C(C)OC(C)(C)C)c1-c1ccc2c(c1)CCCO2. The number of rotatable bonds is 6. The third-order valence-corrected chi connectivity index (χ3v) is 8.45. The van der Waals surface area contributed by atoms with Gasteiger partial charge in [0.1, 0.15) is 5.75 Å². The molecule has 0 saturated heterocycles. The van der Waals surface area contributed by atoms with Crippen LogP contribution in [-0.2, 0) is 22.1 Å². The molecule has 0 amide bonds. The Kier molecular flexibility index (Phi) is 7.45. The maximum atomic E-state index is 13.7. The highest BCUT2D eigenvalue weighted by atomic mass is 32.2. The number of ether oxygens (including phenoxy) is 2. The molecule has 204 valence electrons. The molecule has 4 aromatic rings. The van der Waals surface area contributed by atoms with Gasteiger partial charge in [-0.15, -0.1) is 0 Å². The molecule has 39 heavy (non-hydrogen) atoms. The van der Waals surface area contributed by atoms with Crippen molar-refractivity contribution in [2.75, 3.05) is 17.1 Å². The zero-order valence-corrected chi connectivity index (χ0v) is 24.5. The number of nitrogens with two attached hydrogens (primary N) is 1. The van der Waals surface area contributed by atoms with E-state index in [1.165, 1.54) is 5.56 Å². The lowest BCUT2D eigenvalue weighted by Crippen LogP contribution is -2.22. The predicted octanol–water partition coefficient (Wildman–Crippen LogP) is 8.04. The van der Waals surface area contributed by atoms with Crippen molar-refractivity contribution in [1.29, 1.82) is 0 Å². The van der Waals surface area contributed by atoms with Gasteiger partial charge in [0.25, 0.3) is 0 Å². The molecule has 0 aromatic heterocycles. The fourth-order valence-electron chi connectivity index (χ4n) is 5.67. The van der Waals surface area contributed by atoms with Gasteiger partial charge in [-0.25, -0.2) is 4.21 Å². The molecule has 1 heterocycles. The maximum Gasteiger partial charge on any atom is 0.150 e. The Balaban J connectivity index is 1.61. The van der Waals surface area contributed by atoms with Crippen LogP contribution in [-0.4, -0.2) is 16.4 Å². The van der Waals surface area contributed by atoms with Crippen LogP contribution in [0.5, 0.6) is 5.75 Å². The molecule has 5 nitrogen and oxygen atoms in total. The Morgan fingerprint density at radius 1 is 1.03 bits per heavy atom. The molecule has 2 atom stereocenters. The summed E-state index contributed by atoms with van der Waals surface area (Å²) < 4.78 is 29.4. The van der Waals surface area contributed by atoms with E-state index in [4.69, 9.17) is 15.2 Å². The number of nitrogen functional groups attached to an aromatic ring is 1. The number of benzene rings is 4. The van der Waals surface area contributed by atoms with E-state index in [0.29, 0.717) is 10.6 Å². The standard InChI is InChI=1S/C33H38N2O3S/c1-20-18-28(35-39(36)30-14-8-11-25-26(30)12-7-13-27(25)34)21(2)32(22(3)38-33(4,5)6)31(20)24-15-16-29-23(19-24)10-9-17-37-29/h7-8,11-16,18-19,22,35H,9-10,17,34H2,1-6H3. The van der Waals surface area contributed by atoms with Gasteiger partial charge in [-0.05, 0) is 118 Å². The molecule has 5 rings (SSSR count). The normalized spacial score (nSPS) is 14.9. The van der Waals surface area contributed by atoms with Crippen molar-refractivity contribution in [3.8, 4) is 16.9 Å². The molecule has 0 aliphatic carbocycles. The summed E-state index contributed by atoms with van der Waals surface area (Å²) >= 11 is 0. The Hall–Kier alpha value is -3.35. The van der Waals surface area contributed by atoms with Gasteiger partial charge in [-0.1, -0.05) is 30.3 Å². The second kappa shape index (κ2) is 10.7. The lowest BCUT2D eigenvalue weighted by molar-refractivity contribution is -0.0529. The molecule has 0 radical (unpaired) electrons. The second-order valence-electron chi connectivity index (χ2n) is 11.4. The number of hydrogen-bond acceptors (Lipinski definition) is 4. The highest BCUT2D eigenvalue weighted by molar-refractivity contribution is 7.86. The topological polar surface area (TPSA) is 73.6 Å². The fraction of sp³-hybridized carbons (Fsp3) is 0.333. The van der Waals surface area contributed by atoms with Crippen LogP contribution in [0.15, 0.2) is 65.6 Å². The van der Waals surface area contributed by atoms with Crippen LogP contribution >= 0.6 is 0 Å². The van der Waals surface area contributed by atoms with Crippen LogP contribution in [0.25, 0.3) is 21.9 Å².